The number of imidazole rings is 2. The quantitative estimate of drug-likeness (QED) is 0.0963. The maximum atomic E-state index is 14.0. The topological polar surface area (TPSA) is 209 Å². The lowest BCUT2D eigenvalue weighted by molar-refractivity contribution is -0.136. The van der Waals surface area contributed by atoms with Gasteiger partial charge in [0.05, 0.1) is 67.3 Å². The third-order valence-electron chi connectivity index (χ3n) is 13.5. The second-order valence-corrected chi connectivity index (χ2v) is 17.2. The first-order valence-corrected chi connectivity index (χ1v) is 22.5. The zero-order valence-electron chi connectivity index (χ0n) is 36.3. The first-order chi connectivity index (χ1) is 31.3. The lowest BCUT2D eigenvalue weighted by Crippen LogP contribution is -2.56. The van der Waals surface area contributed by atoms with E-state index in [2.05, 4.69) is 57.0 Å². The van der Waals surface area contributed by atoms with Gasteiger partial charge in [0.2, 0.25) is 5.91 Å². The molecular weight excluding hydrogens is 819 g/mol. The minimum absolute atomic E-state index is 0.0329. The van der Waals surface area contributed by atoms with Crippen LogP contribution in [0.2, 0.25) is 0 Å². The molecule has 0 bridgehead atoms. The van der Waals surface area contributed by atoms with E-state index in [0.29, 0.717) is 52.4 Å². The van der Waals surface area contributed by atoms with Crippen LogP contribution in [0.3, 0.4) is 0 Å². The van der Waals surface area contributed by atoms with Crippen LogP contribution in [0.15, 0.2) is 67.0 Å². The third kappa shape index (κ3) is 9.20. The highest BCUT2D eigenvalue weighted by molar-refractivity contribution is 5.87. The summed E-state index contributed by atoms with van der Waals surface area (Å²) >= 11 is 0. The summed E-state index contributed by atoms with van der Waals surface area (Å²) in [5, 5.41) is 18.4. The average molecular weight is 876 g/mol. The normalized spacial score (nSPS) is 21.4. The van der Waals surface area contributed by atoms with E-state index >= 15 is 0 Å². The van der Waals surface area contributed by atoms with Gasteiger partial charge in [-0.25, -0.2) is 24.5 Å². The van der Waals surface area contributed by atoms with Crippen molar-refractivity contribution >= 4 is 29.0 Å². The number of hydrogen-bond acceptors (Lipinski definition) is 12. The SMILES string of the molecule is COC(=O)NC(C(=O)N1CCCC1c1ncc(-c2ccc3nc(-c4ccc(-c5cnc(C6CCCN6C(O)C(NC(=O)OC)C6CCOCC6)[nH]5)cc4)ccc3c2)[nH]1)C1CCOCC1. The molecule has 0 spiro atoms. The van der Waals surface area contributed by atoms with Crippen LogP contribution < -0.4 is 10.6 Å². The van der Waals surface area contributed by atoms with Crippen molar-refractivity contribution in [3.05, 3.63) is 78.6 Å². The summed E-state index contributed by atoms with van der Waals surface area (Å²) in [6.45, 7) is 3.57. The van der Waals surface area contributed by atoms with Crippen molar-refractivity contribution in [1.29, 1.82) is 0 Å². The van der Waals surface area contributed by atoms with Crippen LogP contribution in [0.4, 0.5) is 9.59 Å². The van der Waals surface area contributed by atoms with Gasteiger partial charge in [-0.15, -0.1) is 0 Å². The molecule has 5 unspecified atom stereocenters. The molecule has 338 valence electrons. The molecule has 0 aliphatic carbocycles. The number of alkyl carbamates (subject to hydrolysis) is 2. The Morgan fingerprint density at radius 1 is 0.719 bits per heavy atom. The summed E-state index contributed by atoms with van der Waals surface area (Å²) in [4.78, 5) is 64.0. The van der Waals surface area contributed by atoms with Gasteiger partial charge in [-0.3, -0.25) is 9.69 Å². The summed E-state index contributed by atoms with van der Waals surface area (Å²) in [5.41, 5.74) is 6.34. The van der Waals surface area contributed by atoms with Crippen LogP contribution in [0.25, 0.3) is 44.7 Å². The summed E-state index contributed by atoms with van der Waals surface area (Å²) in [6.07, 6.45) is 7.79. The number of benzene rings is 2. The van der Waals surface area contributed by atoms with Crippen molar-refractivity contribution in [3.63, 3.8) is 0 Å². The molecule has 3 aromatic heterocycles. The van der Waals surface area contributed by atoms with Gasteiger partial charge in [0, 0.05) is 56.0 Å². The second-order valence-electron chi connectivity index (χ2n) is 17.2. The van der Waals surface area contributed by atoms with Gasteiger partial charge in [0.25, 0.3) is 0 Å². The number of ether oxygens (including phenoxy) is 4. The van der Waals surface area contributed by atoms with Gasteiger partial charge >= 0.3 is 12.2 Å². The van der Waals surface area contributed by atoms with Crippen molar-refractivity contribution in [3.8, 4) is 33.8 Å². The molecule has 5 atom stereocenters. The molecule has 0 saturated carbocycles. The van der Waals surface area contributed by atoms with Gasteiger partial charge in [0.1, 0.15) is 23.9 Å². The van der Waals surface area contributed by atoms with E-state index in [4.69, 9.17) is 33.9 Å². The van der Waals surface area contributed by atoms with E-state index in [1.54, 1.807) is 0 Å². The number of methoxy groups -OCH3 is 2. The molecule has 2 aromatic carbocycles. The zero-order chi connectivity index (χ0) is 44.2. The molecular formula is C47H57N9O8. The number of carbonyl (C=O) groups excluding carboxylic acids is 3. The predicted octanol–water partition coefficient (Wildman–Crippen LogP) is 6.10. The number of aliphatic hydroxyl groups is 1. The number of rotatable bonds is 12. The van der Waals surface area contributed by atoms with Gasteiger partial charge in [-0.2, -0.15) is 0 Å². The van der Waals surface area contributed by atoms with Crippen molar-refractivity contribution in [2.75, 3.05) is 53.7 Å². The van der Waals surface area contributed by atoms with Crippen LogP contribution in [-0.4, -0.2) is 130 Å². The van der Waals surface area contributed by atoms with Crippen molar-refractivity contribution in [1.82, 2.24) is 45.4 Å². The number of aromatic nitrogens is 5. The number of aliphatic hydroxyl groups excluding tert-OH is 1. The molecule has 4 aliphatic heterocycles. The zero-order valence-corrected chi connectivity index (χ0v) is 36.3. The Hall–Kier alpha value is -5.88. The Morgan fingerprint density at radius 2 is 1.31 bits per heavy atom. The number of aromatic amines is 2. The fraction of sp³-hybridized carbons (Fsp3) is 0.489. The molecule has 5 N–H and O–H groups in total. The first kappa shape index (κ1) is 43.4. The average Bonchev–Trinajstić information content (AvgIpc) is 4.20. The van der Waals surface area contributed by atoms with Gasteiger partial charge in [0.15, 0.2) is 0 Å². The van der Waals surface area contributed by atoms with Crippen LogP contribution in [0.5, 0.6) is 0 Å². The fourth-order valence-electron chi connectivity index (χ4n) is 10.0. The Morgan fingerprint density at radius 3 is 2.02 bits per heavy atom. The highest BCUT2D eigenvalue weighted by Crippen LogP contribution is 2.37. The summed E-state index contributed by atoms with van der Waals surface area (Å²) in [5.74, 6) is 1.41. The summed E-state index contributed by atoms with van der Waals surface area (Å²) < 4.78 is 20.9. The van der Waals surface area contributed by atoms with E-state index in [1.807, 2.05) is 40.4 Å². The third-order valence-corrected chi connectivity index (χ3v) is 13.5. The maximum absolute atomic E-state index is 14.0. The molecule has 4 fully saturated rings. The summed E-state index contributed by atoms with van der Waals surface area (Å²) in [7, 11) is 2.64. The van der Waals surface area contributed by atoms with Gasteiger partial charge in [-0.1, -0.05) is 36.4 Å². The van der Waals surface area contributed by atoms with Gasteiger partial charge < -0.3 is 49.6 Å². The summed E-state index contributed by atoms with van der Waals surface area (Å²) in [6, 6.07) is 16.9. The predicted molar refractivity (Wildman–Crippen MR) is 236 cm³/mol. The second kappa shape index (κ2) is 19.5. The Bertz CT molecular complexity index is 2410. The molecule has 4 saturated heterocycles. The molecule has 17 heteroatoms. The van der Waals surface area contributed by atoms with Crippen molar-refractivity contribution in [2.24, 2.45) is 11.8 Å². The number of pyridine rings is 1. The maximum Gasteiger partial charge on any atom is 0.407 e. The molecule has 17 nitrogen and oxygen atoms in total. The number of fused-ring (bicyclic) bond motifs is 1. The van der Waals surface area contributed by atoms with Crippen LogP contribution >= 0.6 is 0 Å². The number of likely N-dealkylation sites (tertiary alicyclic amines) is 2. The number of hydrogen-bond donors (Lipinski definition) is 5. The van der Waals surface area contributed by atoms with Gasteiger partial charge in [-0.05, 0) is 87.0 Å². The molecule has 64 heavy (non-hydrogen) atoms. The minimum atomic E-state index is -0.908. The smallest absolute Gasteiger partial charge is 0.407 e. The Balaban J connectivity index is 0.861. The standard InChI is InChI=1S/C47H57N9O8/c1-61-46(59)53-40(30-15-21-63-22-16-30)44(57)55-19-3-5-38(55)42-48-26-36(51-42)29-9-7-28(8-10-29)34-13-11-32-25-33(12-14-35(32)50-34)37-27-49-43(52-37)39-6-4-20-56(39)45(58)41(54-47(60)62-2)31-17-23-64-24-18-31/h7-14,25-27,30-31,38-41,44,57H,3-6,15-24H2,1-2H3,(H,48,51)(H,49,52)(H,53,59)(H,54,60). The Kier molecular flexibility index (Phi) is 13.2. The lowest BCUT2D eigenvalue weighted by atomic mass is 9.90. The molecule has 0 radical (unpaired) electrons. The van der Waals surface area contributed by atoms with Crippen LogP contribution in [-0.2, 0) is 23.7 Å². The molecule has 9 rings (SSSR count). The Labute approximate surface area is 371 Å². The van der Waals surface area contributed by atoms with E-state index in [0.717, 1.165) is 94.8 Å². The van der Waals surface area contributed by atoms with Crippen molar-refractivity contribution < 1.29 is 38.4 Å². The monoisotopic (exact) mass is 875 g/mol. The van der Waals surface area contributed by atoms with E-state index < -0.39 is 30.5 Å². The number of amides is 3. The number of H-pyrrole nitrogens is 2. The molecule has 7 heterocycles. The number of nitrogens with zero attached hydrogens (tertiary/aromatic N) is 5. The van der Waals surface area contributed by atoms with Crippen molar-refractivity contribution in [2.45, 2.75) is 81.8 Å². The molecule has 3 amide bonds. The minimum Gasteiger partial charge on any atom is -0.453 e. The highest BCUT2D eigenvalue weighted by Gasteiger charge is 2.42. The lowest BCUT2D eigenvalue weighted by Gasteiger charge is -2.39. The largest absolute Gasteiger partial charge is 0.453 e. The highest BCUT2D eigenvalue weighted by atomic mass is 16.5. The van der Waals surface area contributed by atoms with E-state index in [-0.39, 0.29) is 29.8 Å². The van der Waals surface area contributed by atoms with E-state index in [9.17, 15) is 19.5 Å². The number of nitrogens with one attached hydrogen (secondary N) is 4. The van der Waals surface area contributed by atoms with Crippen LogP contribution in [0.1, 0.15) is 75.1 Å². The number of carbonyl (C=O) groups is 3. The van der Waals surface area contributed by atoms with Crippen LogP contribution in [0, 0.1) is 11.8 Å². The first-order valence-electron chi connectivity index (χ1n) is 22.5. The molecule has 5 aromatic rings. The van der Waals surface area contributed by atoms with E-state index in [1.165, 1.54) is 14.2 Å². The fourth-order valence-corrected chi connectivity index (χ4v) is 10.0. The molecule has 4 aliphatic rings.